The molecule has 0 bridgehead atoms. The lowest BCUT2D eigenvalue weighted by atomic mass is 10.1. The molecule has 0 spiro atoms. The Morgan fingerprint density at radius 2 is 1.57 bits per heavy atom. The number of nitrogens with two attached hydrogens (primary N) is 1. The summed E-state index contributed by atoms with van der Waals surface area (Å²) >= 11 is 0. The highest BCUT2D eigenvalue weighted by Gasteiger charge is 2.62. The van der Waals surface area contributed by atoms with E-state index in [1.54, 1.807) is 41.5 Å². The van der Waals surface area contributed by atoms with Crippen LogP contribution in [0.15, 0.2) is 17.1 Å². The topological polar surface area (TPSA) is 199 Å². The van der Waals surface area contributed by atoms with Gasteiger partial charge in [0.1, 0.15) is 35.3 Å². The van der Waals surface area contributed by atoms with Crippen LogP contribution < -0.4 is 16.7 Å². The number of nitrogens with zero attached hydrogens (tertiary/aromatic N) is 3. The number of anilines is 1. The first kappa shape index (κ1) is 44.5. The van der Waals surface area contributed by atoms with Gasteiger partial charge in [-0.05, 0) is 76.2 Å². The highest BCUT2D eigenvalue weighted by molar-refractivity contribution is 6.84. The van der Waals surface area contributed by atoms with Gasteiger partial charge < -0.3 is 37.6 Å². The highest BCUT2D eigenvalue weighted by Crippen LogP contribution is 2.48. The van der Waals surface area contributed by atoms with E-state index in [-0.39, 0.29) is 54.2 Å². The Morgan fingerprint density at radius 3 is 2.08 bits per heavy atom. The van der Waals surface area contributed by atoms with Crippen molar-refractivity contribution < 1.29 is 41.5 Å². The van der Waals surface area contributed by atoms with Gasteiger partial charge in [0.2, 0.25) is 5.96 Å². The number of amides is 2. The van der Waals surface area contributed by atoms with Crippen LogP contribution in [0, 0.1) is 5.41 Å². The molecule has 302 valence electrons. The number of hydrogen-bond acceptors (Lipinski definition) is 13. The fourth-order valence-electron chi connectivity index (χ4n) is 6.66. The van der Waals surface area contributed by atoms with Crippen molar-refractivity contribution in [3.8, 4) is 0 Å². The molecule has 0 unspecified atom stereocenters. The summed E-state index contributed by atoms with van der Waals surface area (Å²) in [4.78, 5) is 43.9. The Balaban J connectivity index is 1.98. The summed E-state index contributed by atoms with van der Waals surface area (Å²) in [5.74, 6) is -0.443. The van der Waals surface area contributed by atoms with Gasteiger partial charge in [-0.1, -0.05) is 55.4 Å². The normalized spacial score (nSPS) is 23.1. The predicted molar refractivity (Wildman–Crippen MR) is 205 cm³/mol. The van der Waals surface area contributed by atoms with Crippen LogP contribution in [0.3, 0.4) is 0 Å². The zero-order valence-electron chi connectivity index (χ0n) is 34.1. The summed E-state index contributed by atoms with van der Waals surface area (Å²) < 4.78 is 46.9. The maximum Gasteiger partial charge on any atom is 0.417 e. The fraction of sp³-hybridized carbons (Fsp3) is 0.800. The Hall–Kier alpha value is -2.88. The van der Waals surface area contributed by atoms with Crippen LogP contribution in [0.1, 0.15) is 110 Å². The summed E-state index contributed by atoms with van der Waals surface area (Å²) in [6, 6.07) is 1.52. The van der Waals surface area contributed by atoms with E-state index in [9.17, 15) is 14.4 Å². The molecule has 2 aliphatic rings. The molecule has 16 nitrogen and oxygen atoms in total. The van der Waals surface area contributed by atoms with Crippen molar-refractivity contribution in [1.29, 1.82) is 5.41 Å². The van der Waals surface area contributed by atoms with Gasteiger partial charge in [0, 0.05) is 19.3 Å². The van der Waals surface area contributed by atoms with Gasteiger partial charge in [-0.15, -0.1) is 0 Å². The number of hydrogen-bond donors (Lipinski definition) is 3. The minimum Gasteiger partial charge on any atom is -0.444 e. The van der Waals surface area contributed by atoms with Crippen LogP contribution in [0.5, 0.6) is 0 Å². The van der Waals surface area contributed by atoms with E-state index in [0.717, 1.165) is 4.90 Å². The quantitative estimate of drug-likeness (QED) is 0.106. The van der Waals surface area contributed by atoms with E-state index in [2.05, 4.69) is 65.7 Å². The van der Waals surface area contributed by atoms with Gasteiger partial charge in [-0.2, -0.15) is 4.98 Å². The lowest BCUT2D eigenvalue weighted by molar-refractivity contribution is -0.0739. The van der Waals surface area contributed by atoms with Gasteiger partial charge in [0.25, 0.3) is 0 Å². The number of aromatic nitrogens is 2. The maximum atomic E-state index is 13.2. The molecule has 2 saturated heterocycles. The highest BCUT2D eigenvalue weighted by atomic mass is 28.5. The van der Waals surface area contributed by atoms with Gasteiger partial charge >= 0.3 is 35.0 Å². The van der Waals surface area contributed by atoms with Gasteiger partial charge in [0.15, 0.2) is 6.23 Å². The summed E-state index contributed by atoms with van der Waals surface area (Å²) in [5.41, 5.74) is 3.85. The third-order valence-corrected chi connectivity index (χ3v) is 19.3. The van der Waals surface area contributed by atoms with Crippen LogP contribution in [0.4, 0.5) is 15.4 Å². The third kappa shape index (κ3) is 10.9. The molecule has 0 aliphatic carbocycles. The summed E-state index contributed by atoms with van der Waals surface area (Å²) in [5, 5.41) is 10.9. The van der Waals surface area contributed by atoms with Crippen molar-refractivity contribution in [3.05, 3.63) is 22.7 Å². The molecule has 1 aromatic heterocycles. The van der Waals surface area contributed by atoms with Crippen molar-refractivity contribution in [2.75, 3.05) is 25.5 Å². The van der Waals surface area contributed by atoms with Crippen LogP contribution in [0.2, 0.25) is 22.2 Å². The molecule has 0 saturated carbocycles. The van der Waals surface area contributed by atoms with E-state index in [4.69, 9.17) is 43.1 Å². The number of nitrogen functional groups attached to an aromatic ring is 1. The molecular formula is C35H64N6O10Si2. The standard InChI is InChI=1S/C35H64N6O10Si2/c1-21(2)52(22(3)4)46-20-25-27(50-53(51-52,23(5)6)24(7)8)28(29(47-25)40-18-16-26(36)38-31(40)42)45-19-15-17-41(33(44)49-35(12,13)14)30(37)39-32(43)48-34(9,10)11/h16,18,21-25,27-29H,15,17,19-20H2,1-14H3,(H2,36,38,42)(H2,37,39,43)/t25-,27-,28-,29-/m1/s1. The first-order valence-corrected chi connectivity index (χ1v) is 22.5. The maximum absolute atomic E-state index is 13.2. The van der Waals surface area contributed by atoms with Crippen LogP contribution in [-0.2, 0) is 31.9 Å². The molecule has 0 radical (unpaired) electrons. The van der Waals surface area contributed by atoms with E-state index in [1.165, 1.54) is 16.8 Å². The number of carbonyl (C=O) groups excluding carboxylic acids is 2. The SMILES string of the molecule is CC(C)[Si]1(C(C)C)OC[C@H]2O[C@@H](n3ccc(N)nc3=O)[C@H](OCCCN(C(=N)NC(=O)OC(C)(C)C)C(=O)OC(C)(C)C)[C@@H]2O[Si](C(C)C)(C(C)C)O1. The van der Waals surface area contributed by atoms with E-state index < -0.39 is 76.7 Å². The first-order chi connectivity index (χ1) is 24.3. The number of guanidine groups is 1. The molecule has 1 aromatic rings. The average molecular weight is 785 g/mol. The van der Waals surface area contributed by atoms with E-state index in [1.807, 2.05) is 0 Å². The van der Waals surface area contributed by atoms with Crippen molar-refractivity contribution in [2.24, 2.45) is 0 Å². The molecule has 18 heteroatoms. The molecule has 2 amide bonds. The van der Waals surface area contributed by atoms with Crippen LogP contribution in [-0.4, -0.2) is 99.0 Å². The number of rotatable bonds is 10. The molecule has 4 atom stereocenters. The van der Waals surface area contributed by atoms with E-state index >= 15 is 0 Å². The predicted octanol–water partition coefficient (Wildman–Crippen LogP) is 6.15. The lowest BCUT2D eigenvalue weighted by Gasteiger charge is -2.51. The number of nitrogens with one attached hydrogen (secondary N) is 2. The molecule has 3 rings (SSSR count). The minimum absolute atomic E-state index is 0.0284. The second-order valence-corrected chi connectivity index (χ2v) is 25.8. The molecule has 3 heterocycles. The Bertz CT molecular complexity index is 1480. The zero-order chi connectivity index (χ0) is 40.3. The molecule has 2 fully saturated rings. The second-order valence-electron chi connectivity index (χ2n) is 17.0. The summed E-state index contributed by atoms with van der Waals surface area (Å²) in [7, 11) is -5.99. The van der Waals surface area contributed by atoms with Gasteiger partial charge in [0.05, 0.1) is 6.61 Å². The van der Waals surface area contributed by atoms with Gasteiger partial charge in [-0.3, -0.25) is 15.3 Å². The summed E-state index contributed by atoms with van der Waals surface area (Å²) in [6.07, 6.45) is -3.09. The Labute approximate surface area is 316 Å². The number of ether oxygens (including phenoxy) is 4. The van der Waals surface area contributed by atoms with Crippen molar-refractivity contribution in [1.82, 2.24) is 19.8 Å². The summed E-state index contributed by atoms with van der Waals surface area (Å²) in [6.45, 7) is 27.4. The van der Waals surface area contributed by atoms with Gasteiger partial charge in [-0.25, -0.2) is 19.3 Å². The molecule has 53 heavy (non-hydrogen) atoms. The van der Waals surface area contributed by atoms with E-state index in [0.29, 0.717) is 0 Å². The number of carbonyl (C=O) groups is 2. The minimum atomic E-state index is -3.11. The van der Waals surface area contributed by atoms with Crippen molar-refractivity contribution in [2.45, 2.75) is 161 Å². The smallest absolute Gasteiger partial charge is 0.417 e. The largest absolute Gasteiger partial charge is 0.444 e. The number of fused-ring (bicyclic) bond motifs is 1. The monoisotopic (exact) mass is 784 g/mol. The molecule has 0 aromatic carbocycles. The van der Waals surface area contributed by atoms with Crippen LogP contribution >= 0.6 is 0 Å². The first-order valence-electron chi connectivity index (χ1n) is 18.6. The fourth-order valence-corrected chi connectivity index (χ4v) is 17.9. The number of alkyl carbamates (subject to hydrolysis) is 1. The zero-order valence-corrected chi connectivity index (χ0v) is 36.1. The average Bonchev–Trinajstić information content (AvgIpc) is 3.29. The van der Waals surface area contributed by atoms with Crippen LogP contribution in [0.25, 0.3) is 0 Å². The molecule has 4 N–H and O–H groups in total. The third-order valence-electron chi connectivity index (χ3n) is 9.08. The lowest BCUT2D eigenvalue weighted by Crippen LogP contribution is -2.66. The van der Waals surface area contributed by atoms with Crippen molar-refractivity contribution in [3.63, 3.8) is 0 Å². The Kier molecular flexibility index (Phi) is 14.5. The molecule has 2 aliphatic heterocycles. The Morgan fingerprint density at radius 1 is 1.00 bits per heavy atom. The van der Waals surface area contributed by atoms with Crippen molar-refractivity contribution >= 4 is 41.1 Å². The second kappa shape index (κ2) is 17.3. The molecular weight excluding hydrogens is 721 g/mol.